The summed E-state index contributed by atoms with van der Waals surface area (Å²) < 4.78 is 1.31. The van der Waals surface area contributed by atoms with Gasteiger partial charge in [-0.1, -0.05) is 47.5 Å². The van der Waals surface area contributed by atoms with Crippen LogP contribution in [0.1, 0.15) is 31.1 Å². The molecular weight excluding hydrogens is 421 g/mol. The number of hydrogen-bond donors (Lipinski definition) is 0. The molecule has 0 N–H and O–H groups in total. The van der Waals surface area contributed by atoms with Gasteiger partial charge in [0.2, 0.25) is 0 Å². The largest absolute Gasteiger partial charge is 0.294 e. The maximum Gasteiger partial charge on any atom is 0.278 e. The van der Waals surface area contributed by atoms with Gasteiger partial charge in [-0.25, -0.2) is 4.68 Å². The van der Waals surface area contributed by atoms with E-state index in [1.54, 1.807) is 36.4 Å². The van der Waals surface area contributed by atoms with E-state index >= 15 is 0 Å². The second kappa shape index (κ2) is 9.37. The lowest BCUT2D eigenvalue weighted by Crippen LogP contribution is -2.30. The molecule has 7 heteroatoms. The molecule has 0 saturated heterocycles. The average molecular weight is 442 g/mol. The number of halogens is 2. The molecule has 3 rings (SSSR count). The van der Waals surface area contributed by atoms with Gasteiger partial charge in [0.25, 0.3) is 5.56 Å². The van der Waals surface area contributed by atoms with Gasteiger partial charge in [0.15, 0.2) is 5.78 Å². The molecule has 5 nitrogen and oxygen atoms in total. The van der Waals surface area contributed by atoms with Crippen molar-refractivity contribution in [1.82, 2.24) is 9.78 Å². The van der Waals surface area contributed by atoms with Gasteiger partial charge in [-0.05, 0) is 50.6 Å². The third kappa shape index (κ3) is 4.86. The molecule has 3 aromatic rings. The number of benzene rings is 2. The fourth-order valence-electron chi connectivity index (χ4n) is 3.12. The number of rotatable bonds is 6. The molecular formula is C23H21Cl2N3O2. The maximum atomic E-state index is 13.2. The Morgan fingerprint density at radius 1 is 0.933 bits per heavy atom. The van der Waals surface area contributed by atoms with Gasteiger partial charge in [0.1, 0.15) is 0 Å². The summed E-state index contributed by atoms with van der Waals surface area (Å²) in [5.74, 6) is -0.327. The molecule has 154 valence electrons. The first-order valence-electron chi connectivity index (χ1n) is 9.43. The Labute approximate surface area is 185 Å². The van der Waals surface area contributed by atoms with Crippen LogP contribution < -0.4 is 5.56 Å². The van der Waals surface area contributed by atoms with E-state index in [9.17, 15) is 9.59 Å². The second-order valence-electron chi connectivity index (χ2n) is 7.03. The van der Waals surface area contributed by atoms with Crippen molar-refractivity contribution in [2.75, 3.05) is 6.54 Å². The van der Waals surface area contributed by atoms with Gasteiger partial charge in [-0.3, -0.25) is 14.6 Å². The van der Waals surface area contributed by atoms with E-state index in [0.29, 0.717) is 33.4 Å². The molecule has 1 aromatic heterocycles. The monoisotopic (exact) mass is 441 g/mol. The van der Waals surface area contributed by atoms with Gasteiger partial charge in [0.05, 0.1) is 24.3 Å². The molecule has 0 amide bonds. The van der Waals surface area contributed by atoms with Crippen LogP contribution in [0.4, 0.5) is 0 Å². The average Bonchev–Trinajstić information content (AvgIpc) is 2.69. The van der Waals surface area contributed by atoms with Crippen molar-refractivity contribution in [3.8, 4) is 22.4 Å². The van der Waals surface area contributed by atoms with E-state index in [1.807, 2.05) is 26.0 Å². The van der Waals surface area contributed by atoms with E-state index in [-0.39, 0.29) is 17.9 Å². The SMILES string of the molecule is CC(=O)c1c(-c2ccc(Cl)cc2)c(-c2ccc(Cl)cc2)nn(CCN=C(C)C)c1=O. The minimum atomic E-state index is -0.436. The Kier molecular flexibility index (Phi) is 6.85. The summed E-state index contributed by atoms with van der Waals surface area (Å²) in [4.78, 5) is 30.1. The standard InChI is InChI=1S/C23H21Cl2N3O2/c1-14(2)26-12-13-28-23(30)20(15(3)29)21(16-4-8-18(24)9-5-16)22(27-28)17-6-10-19(25)11-7-17/h4-11H,12-13H2,1-3H3. The number of carbonyl (C=O) groups is 1. The fraction of sp³-hybridized carbons (Fsp3) is 0.217. The molecule has 0 bridgehead atoms. The topological polar surface area (TPSA) is 64.3 Å². The van der Waals surface area contributed by atoms with Crippen molar-refractivity contribution in [2.45, 2.75) is 27.3 Å². The first kappa shape index (κ1) is 21.9. The summed E-state index contributed by atoms with van der Waals surface area (Å²) in [5.41, 5.74) is 3.01. The molecule has 0 unspecified atom stereocenters. The number of hydrogen-bond acceptors (Lipinski definition) is 4. The van der Waals surface area contributed by atoms with Crippen LogP contribution in [0.3, 0.4) is 0 Å². The fourth-order valence-corrected chi connectivity index (χ4v) is 3.38. The Morgan fingerprint density at radius 3 is 1.97 bits per heavy atom. The predicted molar refractivity (Wildman–Crippen MR) is 123 cm³/mol. The van der Waals surface area contributed by atoms with Crippen LogP contribution >= 0.6 is 23.2 Å². The van der Waals surface area contributed by atoms with Crippen molar-refractivity contribution in [3.63, 3.8) is 0 Å². The molecule has 0 radical (unpaired) electrons. The zero-order valence-corrected chi connectivity index (χ0v) is 18.5. The Balaban J connectivity index is 2.32. The van der Waals surface area contributed by atoms with Crippen LogP contribution in [0.2, 0.25) is 10.0 Å². The summed E-state index contributed by atoms with van der Waals surface area (Å²) in [6.45, 7) is 5.83. The first-order valence-corrected chi connectivity index (χ1v) is 10.2. The third-order valence-electron chi connectivity index (χ3n) is 4.50. The normalized spacial score (nSPS) is 10.7. The highest BCUT2D eigenvalue weighted by atomic mass is 35.5. The maximum absolute atomic E-state index is 13.2. The highest BCUT2D eigenvalue weighted by Gasteiger charge is 2.23. The smallest absolute Gasteiger partial charge is 0.278 e. The molecule has 30 heavy (non-hydrogen) atoms. The van der Waals surface area contributed by atoms with Crippen LogP contribution in [0.25, 0.3) is 22.4 Å². The minimum Gasteiger partial charge on any atom is -0.294 e. The van der Waals surface area contributed by atoms with Gasteiger partial charge >= 0.3 is 0 Å². The molecule has 0 aliphatic heterocycles. The molecule has 0 saturated carbocycles. The van der Waals surface area contributed by atoms with Gasteiger partial charge < -0.3 is 0 Å². The Hall–Kier alpha value is -2.76. The summed E-state index contributed by atoms with van der Waals surface area (Å²) in [6, 6.07) is 14.1. The zero-order chi connectivity index (χ0) is 21.8. The third-order valence-corrected chi connectivity index (χ3v) is 5.00. The van der Waals surface area contributed by atoms with E-state index in [4.69, 9.17) is 23.2 Å². The number of ketones is 1. The van der Waals surface area contributed by atoms with Crippen molar-refractivity contribution in [3.05, 3.63) is 74.5 Å². The van der Waals surface area contributed by atoms with Crippen LogP contribution in [0.15, 0.2) is 58.3 Å². The summed E-state index contributed by atoms with van der Waals surface area (Å²) in [5, 5.41) is 5.76. The lowest BCUT2D eigenvalue weighted by Gasteiger charge is -2.16. The molecule has 0 spiro atoms. The molecule has 0 atom stereocenters. The van der Waals surface area contributed by atoms with Crippen LogP contribution in [-0.4, -0.2) is 27.8 Å². The Morgan fingerprint density at radius 2 is 1.47 bits per heavy atom. The first-order chi connectivity index (χ1) is 14.3. The van der Waals surface area contributed by atoms with Gasteiger partial charge in [-0.15, -0.1) is 0 Å². The molecule has 0 aliphatic carbocycles. The van der Waals surface area contributed by atoms with Crippen LogP contribution in [0.5, 0.6) is 0 Å². The summed E-state index contributed by atoms with van der Waals surface area (Å²) in [7, 11) is 0. The molecule has 2 aromatic carbocycles. The van der Waals surface area contributed by atoms with Crippen molar-refractivity contribution in [1.29, 1.82) is 0 Å². The van der Waals surface area contributed by atoms with Crippen molar-refractivity contribution >= 4 is 34.7 Å². The molecule has 1 heterocycles. The summed E-state index contributed by atoms with van der Waals surface area (Å²) in [6.07, 6.45) is 0. The highest BCUT2D eigenvalue weighted by Crippen LogP contribution is 2.33. The van der Waals surface area contributed by atoms with Crippen LogP contribution in [0, 0.1) is 0 Å². The van der Waals surface area contributed by atoms with Gasteiger partial charge in [-0.2, -0.15) is 5.10 Å². The number of aromatic nitrogens is 2. The lowest BCUT2D eigenvalue weighted by atomic mass is 9.94. The minimum absolute atomic E-state index is 0.0921. The van der Waals surface area contributed by atoms with E-state index < -0.39 is 5.56 Å². The van der Waals surface area contributed by atoms with E-state index in [2.05, 4.69) is 10.1 Å². The van der Waals surface area contributed by atoms with Crippen molar-refractivity contribution < 1.29 is 4.79 Å². The van der Waals surface area contributed by atoms with Crippen molar-refractivity contribution in [2.24, 2.45) is 4.99 Å². The second-order valence-corrected chi connectivity index (χ2v) is 7.90. The number of nitrogens with zero attached hydrogens (tertiary/aromatic N) is 3. The predicted octanol–water partition coefficient (Wildman–Crippen LogP) is 5.57. The van der Waals surface area contributed by atoms with E-state index in [0.717, 1.165) is 11.3 Å². The number of aliphatic imine (C=N–C) groups is 1. The lowest BCUT2D eigenvalue weighted by molar-refractivity contribution is 0.101. The quantitative estimate of drug-likeness (QED) is 0.371. The highest BCUT2D eigenvalue weighted by molar-refractivity contribution is 6.31. The summed E-state index contributed by atoms with van der Waals surface area (Å²) >= 11 is 12.1. The Bertz CT molecular complexity index is 1160. The zero-order valence-electron chi connectivity index (χ0n) is 16.9. The van der Waals surface area contributed by atoms with Gasteiger partial charge in [0, 0.05) is 26.9 Å². The molecule has 0 aliphatic rings. The molecule has 0 fully saturated rings. The van der Waals surface area contributed by atoms with E-state index in [1.165, 1.54) is 11.6 Å². The number of carbonyl (C=O) groups excluding carboxylic acids is 1. The number of Topliss-reactive ketones (excluding diaryl/α,β-unsaturated/α-hetero) is 1. The van der Waals surface area contributed by atoms with Crippen LogP contribution in [-0.2, 0) is 6.54 Å².